The molecule has 0 aliphatic carbocycles. The van der Waals surface area contributed by atoms with Crippen LogP contribution in [0, 0.1) is 0 Å². The number of hydrogen-bond acceptors (Lipinski definition) is 3. The molecule has 2 saturated heterocycles. The Kier molecular flexibility index (Phi) is 2.11. The van der Waals surface area contributed by atoms with Crippen molar-refractivity contribution in [1.29, 1.82) is 0 Å². The second-order valence-corrected chi connectivity index (χ2v) is 3.48. The van der Waals surface area contributed by atoms with Crippen LogP contribution in [0.25, 0.3) is 0 Å². The third-order valence-corrected chi connectivity index (χ3v) is 2.56. The number of β-amino-alcohol motifs (C(OH)–C–C–N with tert-alkyl or cyclic N) is 1. The minimum atomic E-state index is -0.0932. The van der Waals surface area contributed by atoms with E-state index in [9.17, 15) is 5.11 Å². The van der Waals surface area contributed by atoms with E-state index in [2.05, 4.69) is 4.90 Å². The van der Waals surface area contributed by atoms with Crippen molar-refractivity contribution < 1.29 is 9.84 Å². The van der Waals surface area contributed by atoms with Gasteiger partial charge in [-0.15, -0.1) is 0 Å². The average Bonchev–Trinajstić information content (AvgIpc) is 1.83. The lowest BCUT2D eigenvalue weighted by Gasteiger charge is -2.40. The molecular weight excluding hydrogens is 142 g/mol. The standard InChI is InChI=1S/C8H15NO2/c10-8-2-1-3-9(4-8)7-5-11-6-7/h7-8,10H,1-6H2/t8-/m1/s1. The highest BCUT2D eigenvalue weighted by molar-refractivity contribution is 4.82. The van der Waals surface area contributed by atoms with Gasteiger partial charge in [0.2, 0.25) is 0 Å². The number of aliphatic hydroxyl groups is 1. The Morgan fingerprint density at radius 1 is 1.36 bits per heavy atom. The molecule has 1 atom stereocenters. The van der Waals surface area contributed by atoms with Crippen molar-refractivity contribution in [2.45, 2.75) is 25.0 Å². The van der Waals surface area contributed by atoms with Crippen molar-refractivity contribution in [3.05, 3.63) is 0 Å². The van der Waals surface area contributed by atoms with Gasteiger partial charge in [0, 0.05) is 6.54 Å². The molecule has 2 fully saturated rings. The smallest absolute Gasteiger partial charge is 0.0667 e. The highest BCUT2D eigenvalue weighted by atomic mass is 16.5. The van der Waals surface area contributed by atoms with Crippen LogP contribution >= 0.6 is 0 Å². The predicted octanol–water partition coefficient (Wildman–Crippen LogP) is -0.158. The van der Waals surface area contributed by atoms with Gasteiger partial charge in [-0.05, 0) is 19.4 Å². The minimum Gasteiger partial charge on any atom is -0.392 e. The topological polar surface area (TPSA) is 32.7 Å². The third kappa shape index (κ3) is 1.55. The van der Waals surface area contributed by atoms with E-state index in [4.69, 9.17) is 4.74 Å². The van der Waals surface area contributed by atoms with Crippen LogP contribution in [0.5, 0.6) is 0 Å². The van der Waals surface area contributed by atoms with Gasteiger partial charge in [-0.1, -0.05) is 0 Å². The maximum Gasteiger partial charge on any atom is 0.0667 e. The molecule has 11 heavy (non-hydrogen) atoms. The van der Waals surface area contributed by atoms with Gasteiger partial charge in [0.05, 0.1) is 25.4 Å². The maximum absolute atomic E-state index is 9.37. The van der Waals surface area contributed by atoms with Crippen LogP contribution in [0.1, 0.15) is 12.8 Å². The molecule has 3 nitrogen and oxygen atoms in total. The zero-order valence-corrected chi connectivity index (χ0v) is 6.70. The zero-order chi connectivity index (χ0) is 7.68. The monoisotopic (exact) mass is 157 g/mol. The fourth-order valence-electron chi connectivity index (χ4n) is 1.75. The van der Waals surface area contributed by atoms with Crippen LogP contribution in [0.15, 0.2) is 0 Å². The zero-order valence-electron chi connectivity index (χ0n) is 6.70. The van der Waals surface area contributed by atoms with Crippen LogP contribution in [0.2, 0.25) is 0 Å². The number of rotatable bonds is 1. The van der Waals surface area contributed by atoms with Crippen LogP contribution in [-0.2, 0) is 4.74 Å². The first kappa shape index (κ1) is 7.53. The van der Waals surface area contributed by atoms with Crippen LogP contribution < -0.4 is 0 Å². The molecule has 2 aliphatic rings. The lowest BCUT2D eigenvalue weighted by atomic mass is 10.1. The molecule has 2 heterocycles. The van der Waals surface area contributed by atoms with E-state index in [0.717, 1.165) is 39.1 Å². The fraction of sp³-hybridized carbons (Fsp3) is 1.00. The van der Waals surface area contributed by atoms with E-state index in [1.54, 1.807) is 0 Å². The molecular formula is C8H15NO2. The first-order valence-corrected chi connectivity index (χ1v) is 4.36. The lowest BCUT2D eigenvalue weighted by Crippen LogP contribution is -2.53. The largest absolute Gasteiger partial charge is 0.392 e. The van der Waals surface area contributed by atoms with E-state index in [1.807, 2.05) is 0 Å². The summed E-state index contributed by atoms with van der Waals surface area (Å²) in [6.07, 6.45) is 2.02. The fourth-order valence-corrected chi connectivity index (χ4v) is 1.75. The van der Waals surface area contributed by atoms with Gasteiger partial charge in [-0.3, -0.25) is 4.90 Å². The summed E-state index contributed by atoms with van der Waals surface area (Å²) < 4.78 is 5.10. The van der Waals surface area contributed by atoms with Gasteiger partial charge >= 0.3 is 0 Å². The van der Waals surface area contributed by atoms with Crippen LogP contribution in [0.4, 0.5) is 0 Å². The van der Waals surface area contributed by atoms with Crippen molar-refractivity contribution in [3.63, 3.8) is 0 Å². The molecule has 0 bridgehead atoms. The Balaban J connectivity index is 1.82. The van der Waals surface area contributed by atoms with Gasteiger partial charge in [-0.2, -0.15) is 0 Å². The van der Waals surface area contributed by atoms with Crippen molar-refractivity contribution >= 4 is 0 Å². The molecule has 3 heteroatoms. The highest BCUT2D eigenvalue weighted by Gasteiger charge is 2.29. The summed E-state index contributed by atoms with van der Waals surface area (Å²) in [5.41, 5.74) is 0. The molecule has 0 aromatic heterocycles. The summed E-state index contributed by atoms with van der Waals surface area (Å²) in [6, 6.07) is 0.602. The second-order valence-electron chi connectivity index (χ2n) is 3.48. The molecule has 0 unspecified atom stereocenters. The molecule has 0 spiro atoms. The summed E-state index contributed by atoms with van der Waals surface area (Å²) in [5.74, 6) is 0. The van der Waals surface area contributed by atoms with E-state index >= 15 is 0 Å². The van der Waals surface area contributed by atoms with Crippen LogP contribution in [-0.4, -0.2) is 48.5 Å². The molecule has 0 radical (unpaired) electrons. The molecule has 0 amide bonds. The Labute approximate surface area is 66.9 Å². The quantitative estimate of drug-likeness (QED) is 0.574. The molecule has 1 N–H and O–H groups in total. The minimum absolute atomic E-state index is 0.0932. The van der Waals surface area contributed by atoms with Gasteiger partial charge in [0.1, 0.15) is 0 Å². The Hall–Kier alpha value is -0.120. The molecule has 0 saturated carbocycles. The maximum atomic E-state index is 9.37. The van der Waals surface area contributed by atoms with Gasteiger partial charge in [0.15, 0.2) is 0 Å². The molecule has 64 valence electrons. The molecule has 0 aromatic rings. The summed E-state index contributed by atoms with van der Waals surface area (Å²) in [7, 11) is 0. The first-order chi connectivity index (χ1) is 5.36. The number of hydrogen-bond donors (Lipinski definition) is 1. The number of likely N-dealkylation sites (tertiary alicyclic amines) is 1. The van der Waals surface area contributed by atoms with Crippen molar-refractivity contribution in [2.75, 3.05) is 26.3 Å². The van der Waals surface area contributed by atoms with E-state index in [0.29, 0.717) is 6.04 Å². The van der Waals surface area contributed by atoms with E-state index in [1.165, 1.54) is 0 Å². The summed E-state index contributed by atoms with van der Waals surface area (Å²) in [6.45, 7) is 3.73. The normalized spacial score (nSPS) is 35.2. The van der Waals surface area contributed by atoms with Gasteiger partial charge < -0.3 is 9.84 Å². The SMILES string of the molecule is O[C@@H]1CCCN(C2COC2)C1. The van der Waals surface area contributed by atoms with Crippen LogP contribution in [0.3, 0.4) is 0 Å². The van der Waals surface area contributed by atoms with Gasteiger partial charge in [0.25, 0.3) is 0 Å². The molecule has 0 aromatic carbocycles. The summed E-state index contributed by atoms with van der Waals surface area (Å²) in [4.78, 5) is 2.34. The number of aliphatic hydroxyl groups excluding tert-OH is 1. The van der Waals surface area contributed by atoms with Gasteiger partial charge in [-0.25, -0.2) is 0 Å². The second kappa shape index (κ2) is 3.09. The molecule has 2 aliphatic heterocycles. The number of piperidine rings is 1. The summed E-state index contributed by atoms with van der Waals surface area (Å²) in [5, 5.41) is 9.37. The Morgan fingerprint density at radius 2 is 2.18 bits per heavy atom. The van der Waals surface area contributed by atoms with E-state index < -0.39 is 0 Å². The summed E-state index contributed by atoms with van der Waals surface area (Å²) >= 11 is 0. The third-order valence-electron chi connectivity index (χ3n) is 2.56. The molecule has 2 rings (SSSR count). The lowest BCUT2D eigenvalue weighted by molar-refractivity contribution is -0.0851. The number of nitrogens with zero attached hydrogens (tertiary/aromatic N) is 1. The Morgan fingerprint density at radius 3 is 2.73 bits per heavy atom. The first-order valence-electron chi connectivity index (χ1n) is 4.36. The average molecular weight is 157 g/mol. The van der Waals surface area contributed by atoms with E-state index in [-0.39, 0.29) is 6.10 Å². The Bertz CT molecular complexity index is 136. The van der Waals surface area contributed by atoms with Crippen molar-refractivity contribution in [3.8, 4) is 0 Å². The van der Waals surface area contributed by atoms with Crippen molar-refractivity contribution in [1.82, 2.24) is 4.90 Å². The highest BCUT2D eigenvalue weighted by Crippen LogP contribution is 2.17. The predicted molar refractivity (Wildman–Crippen MR) is 41.4 cm³/mol. The van der Waals surface area contributed by atoms with Crippen molar-refractivity contribution in [2.24, 2.45) is 0 Å². The number of ether oxygens (including phenoxy) is 1.